The fraction of sp³-hybridized carbons (Fsp3) is 0.241. The first-order valence-electron chi connectivity index (χ1n) is 12.0. The third-order valence-corrected chi connectivity index (χ3v) is 7.98. The maximum Gasteiger partial charge on any atom is 0.238 e. The Morgan fingerprint density at radius 2 is 1.72 bits per heavy atom. The normalized spacial score (nSPS) is 15.6. The number of aromatic nitrogens is 2. The van der Waals surface area contributed by atoms with Gasteiger partial charge in [-0.3, -0.25) is 4.79 Å². The van der Waals surface area contributed by atoms with Gasteiger partial charge in [-0.05, 0) is 78.6 Å². The van der Waals surface area contributed by atoms with Gasteiger partial charge in [-0.15, -0.1) is 0 Å². The van der Waals surface area contributed by atoms with Crippen molar-refractivity contribution in [3.8, 4) is 28.4 Å². The van der Waals surface area contributed by atoms with Crippen molar-refractivity contribution in [3.63, 3.8) is 0 Å². The van der Waals surface area contributed by atoms with E-state index in [9.17, 15) is 4.79 Å². The monoisotopic (exact) mass is 543 g/mol. The summed E-state index contributed by atoms with van der Waals surface area (Å²) in [7, 11) is 3.33. The second-order valence-electron chi connectivity index (χ2n) is 9.35. The largest absolute Gasteiger partial charge is 0.497 e. The van der Waals surface area contributed by atoms with Crippen molar-refractivity contribution in [2.45, 2.75) is 31.2 Å². The van der Waals surface area contributed by atoms with Gasteiger partial charge in [0.2, 0.25) is 5.91 Å². The molecule has 6 nitrogen and oxygen atoms in total. The Morgan fingerprint density at radius 3 is 2.36 bits per heavy atom. The lowest BCUT2D eigenvalue weighted by molar-refractivity contribution is -0.126. The maximum absolute atomic E-state index is 13.9. The maximum atomic E-state index is 13.9. The smallest absolute Gasteiger partial charge is 0.238 e. The Kier molecular flexibility index (Phi) is 5.60. The van der Waals surface area contributed by atoms with Gasteiger partial charge in [0, 0.05) is 10.0 Å². The molecule has 7 heteroatoms. The third-order valence-electron chi connectivity index (χ3n) is 7.45. The number of anilines is 1. The molecule has 1 spiro atoms. The van der Waals surface area contributed by atoms with Crippen molar-refractivity contribution in [2.24, 2.45) is 0 Å². The summed E-state index contributed by atoms with van der Waals surface area (Å²) in [5.74, 6) is 1.67. The molecule has 36 heavy (non-hydrogen) atoms. The predicted octanol–water partition coefficient (Wildman–Crippen LogP) is 6.29. The summed E-state index contributed by atoms with van der Waals surface area (Å²) in [6.07, 6.45) is 4.56. The van der Waals surface area contributed by atoms with Crippen LogP contribution in [-0.4, -0.2) is 29.9 Å². The van der Waals surface area contributed by atoms with Crippen LogP contribution in [0.4, 0.5) is 5.69 Å². The summed E-state index contributed by atoms with van der Waals surface area (Å²) < 4.78 is 14.2. The second kappa shape index (κ2) is 8.82. The van der Waals surface area contributed by atoms with Crippen LogP contribution in [0.3, 0.4) is 0 Å². The average molecular weight is 544 g/mol. The first kappa shape index (κ1) is 22.9. The lowest BCUT2D eigenvalue weighted by atomic mass is 9.65. The minimum atomic E-state index is -0.479. The molecule has 1 saturated carbocycles. The molecule has 4 aromatic rings. The average Bonchev–Trinajstić information content (AvgIpc) is 3.46. The lowest BCUT2D eigenvalue weighted by Crippen LogP contribution is -2.44. The number of nitrogens with zero attached hydrogens (tertiary/aromatic N) is 3. The number of ether oxygens (including phenoxy) is 2. The van der Waals surface area contributed by atoms with E-state index < -0.39 is 5.41 Å². The fourth-order valence-electron chi connectivity index (χ4n) is 5.42. The third kappa shape index (κ3) is 3.53. The molecular formula is C29H26BrN3O3. The highest BCUT2D eigenvalue weighted by molar-refractivity contribution is 9.10. The van der Waals surface area contributed by atoms with Crippen molar-refractivity contribution >= 4 is 27.5 Å². The topological polar surface area (TPSA) is 56.6 Å². The molecule has 1 aliphatic heterocycles. The SMILES string of the molecule is COc1ccc(CN2C(=O)C3(CCC3)c3cc(-c4ccnn4-c4ccc(Br)cc4)cc(OC)c32)cc1. The number of hydrogen-bond acceptors (Lipinski definition) is 4. The summed E-state index contributed by atoms with van der Waals surface area (Å²) in [5, 5.41) is 4.58. The van der Waals surface area contributed by atoms with E-state index in [1.54, 1.807) is 20.4 Å². The molecule has 3 aromatic carbocycles. The number of amides is 1. The summed E-state index contributed by atoms with van der Waals surface area (Å²) in [4.78, 5) is 15.8. The minimum Gasteiger partial charge on any atom is -0.497 e. The van der Waals surface area contributed by atoms with E-state index >= 15 is 0 Å². The van der Waals surface area contributed by atoms with E-state index in [-0.39, 0.29) is 5.91 Å². The molecule has 0 saturated heterocycles. The highest BCUT2D eigenvalue weighted by Crippen LogP contribution is 2.57. The zero-order valence-electron chi connectivity index (χ0n) is 20.2. The molecule has 6 rings (SSSR count). The standard InChI is InChI=1S/C29H26BrN3O3/c1-35-23-10-4-19(5-11-23)18-32-27-24(29(28(32)34)13-3-14-29)16-20(17-26(27)36-2)25-12-15-31-33(25)22-8-6-21(30)7-9-22/h4-12,15-17H,3,13-14,18H2,1-2H3. The quantitative estimate of drug-likeness (QED) is 0.287. The fourth-order valence-corrected chi connectivity index (χ4v) is 5.68. The zero-order chi connectivity index (χ0) is 24.9. The van der Waals surface area contributed by atoms with E-state index in [2.05, 4.69) is 27.1 Å². The van der Waals surface area contributed by atoms with Crippen molar-refractivity contribution in [1.29, 1.82) is 0 Å². The second-order valence-corrected chi connectivity index (χ2v) is 10.3. The molecule has 1 aromatic heterocycles. The van der Waals surface area contributed by atoms with Crippen LogP contribution < -0.4 is 14.4 Å². The molecule has 0 unspecified atom stereocenters. The van der Waals surface area contributed by atoms with Gasteiger partial charge in [0.15, 0.2) is 0 Å². The van der Waals surface area contributed by atoms with Crippen molar-refractivity contribution in [2.75, 3.05) is 19.1 Å². The zero-order valence-corrected chi connectivity index (χ0v) is 21.8. The van der Waals surface area contributed by atoms with Crippen LogP contribution in [0.25, 0.3) is 16.9 Å². The van der Waals surface area contributed by atoms with Crippen LogP contribution in [0.2, 0.25) is 0 Å². The number of fused-ring (bicyclic) bond motifs is 2. The molecule has 1 fully saturated rings. The first-order chi connectivity index (χ1) is 17.5. The minimum absolute atomic E-state index is 0.163. The lowest BCUT2D eigenvalue weighted by Gasteiger charge is -2.37. The summed E-state index contributed by atoms with van der Waals surface area (Å²) in [5.41, 5.74) is 5.42. The Balaban J connectivity index is 1.46. The Bertz CT molecular complexity index is 1440. The number of halogens is 1. The molecular weight excluding hydrogens is 518 g/mol. The molecule has 0 radical (unpaired) electrons. The number of benzene rings is 3. The van der Waals surface area contributed by atoms with Gasteiger partial charge >= 0.3 is 0 Å². The van der Waals surface area contributed by atoms with Crippen LogP contribution >= 0.6 is 15.9 Å². The Labute approximate surface area is 218 Å². The van der Waals surface area contributed by atoms with Gasteiger partial charge in [0.25, 0.3) is 0 Å². The Morgan fingerprint density at radius 1 is 0.972 bits per heavy atom. The molecule has 1 amide bonds. The van der Waals surface area contributed by atoms with Crippen molar-refractivity contribution in [3.05, 3.63) is 88.5 Å². The van der Waals surface area contributed by atoms with Gasteiger partial charge < -0.3 is 14.4 Å². The van der Waals surface area contributed by atoms with Crippen LogP contribution in [0.5, 0.6) is 11.5 Å². The van der Waals surface area contributed by atoms with Gasteiger partial charge in [-0.25, -0.2) is 4.68 Å². The number of rotatable bonds is 6. The van der Waals surface area contributed by atoms with Gasteiger partial charge in [-0.1, -0.05) is 34.5 Å². The number of carbonyl (C=O) groups excluding carboxylic acids is 1. The van der Waals surface area contributed by atoms with E-state index in [1.165, 1.54) is 0 Å². The van der Waals surface area contributed by atoms with Crippen LogP contribution in [0.1, 0.15) is 30.4 Å². The molecule has 0 N–H and O–H groups in total. The predicted molar refractivity (Wildman–Crippen MR) is 143 cm³/mol. The summed E-state index contributed by atoms with van der Waals surface area (Å²) in [6, 6.07) is 22.1. The molecule has 1 aliphatic carbocycles. The van der Waals surface area contributed by atoms with E-state index in [0.717, 1.165) is 63.2 Å². The van der Waals surface area contributed by atoms with Gasteiger partial charge in [0.05, 0.1) is 49.4 Å². The van der Waals surface area contributed by atoms with Crippen molar-refractivity contribution < 1.29 is 14.3 Å². The van der Waals surface area contributed by atoms with Gasteiger partial charge in [0.1, 0.15) is 11.5 Å². The highest BCUT2D eigenvalue weighted by atomic mass is 79.9. The molecule has 2 aliphatic rings. The number of hydrogen-bond donors (Lipinski definition) is 0. The van der Waals surface area contributed by atoms with Crippen LogP contribution in [-0.2, 0) is 16.8 Å². The first-order valence-corrected chi connectivity index (χ1v) is 12.8. The number of carbonyl (C=O) groups is 1. The van der Waals surface area contributed by atoms with Crippen molar-refractivity contribution in [1.82, 2.24) is 9.78 Å². The van der Waals surface area contributed by atoms with E-state index in [1.807, 2.05) is 70.2 Å². The van der Waals surface area contributed by atoms with Crippen LogP contribution in [0, 0.1) is 0 Å². The Hall–Kier alpha value is -3.58. The van der Waals surface area contributed by atoms with E-state index in [0.29, 0.717) is 12.3 Å². The number of methoxy groups -OCH3 is 2. The van der Waals surface area contributed by atoms with Gasteiger partial charge in [-0.2, -0.15) is 5.10 Å². The molecule has 2 heterocycles. The highest BCUT2D eigenvalue weighted by Gasteiger charge is 2.55. The molecule has 0 atom stereocenters. The van der Waals surface area contributed by atoms with Crippen LogP contribution in [0.15, 0.2) is 77.4 Å². The molecule has 0 bridgehead atoms. The molecule has 182 valence electrons. The summed E-state index contributed by atoms with van der Waals surface area (Å²) in [6.45, 7) is 0.490. The summed E-state index contributed by atoms with van der Waals surface area (Å²) >= 11 is 3.50. The van der Waals surface area contributed by atoms with E-state index in [4.69, 9.17) is 9.47 Å².